The number of nitrogens with zero attached hydrogens (tertiary/aromatic N) is 4. The maximum atomic E-state index is 12.9. The lowest BCUT2D eigenvalue weighted by Gasteiger charge is -2.35. The Morgan fingerprint density at radius 3 is 2.56 bits per heavy atom. The largest absolute Gasteiger partial charge is 0.373 e. The second kappa shape index (κ2) is 9.94. The van der Waals surface area contributed by atoms with E-state index in [1.54, 1.807) is 4.68 Å². The van der Waals surface area contributed by atoms with Crippen LogP contribution in [0.5, 0.6) is 0 Å². The standard InChI is InChI=1S/C24H28BrN5O2/c1-16-13-29(14-17(2)32-16)15-20-8-5-4-7-19(20)12-26-24(31)23-18(3)30(28-27-23)22-10-6-9-21(25)11-22/h4-11,16-17H,12-15H2,1-3H3,(H,26,31). The Balaban J connectivity index is 1.44. The van der Waals surface area contributed by atoms with E-state index >= 15 is 0 Å². The van der Waals surface area contributed by atoms with E-state index < -0.39 is 0 Å². The van der Waals surface area contributed by atoms with E-state index in [-0.39, 0.29) is 18.1 Å². The Morgan fingerprint density at radius 1 is 1.12 bits per heavy atom. The molecule has 2 aromatic carbocycles. The number of morpholine rings is 1. The Morgan fingerprint density at radius 2 is 1.84 bits per heavy atom. The fourth-order valence-electron chi connectivity index (χ4n) is 4.19. The minimum absolute atomic E-state index is 0.224. The molecule has 1 fully saturated rings. The van der Waals surface area contributed by atoms with Crippen molar-refractivity contribution in [3.05, 3.63) is 75.5 Å². The zero-order chi connectivity index (χ0) is 22.7. The van der Waals surface area contributed by atoms with E-state index in [0.717, 1.165) is 35.4 Å². The van der Waals surface area contributed by atoms with Gasteiger partial charge in [0.2, 0.25) is 0 Å². The van der Waals surface area contributed by atoms with Crippen LogP contribution in [0.4, 0.5) is 0 Å². The van der Waals surface area contributed by atoms with E-state index in [0.29, 0.717) is 17.9 Å². The van der Waals surface area contributed by atoms with Gasteiger partial charge in [0.1, 0.15) is 0 Å². The Bertz CT molecular complexity index is 1090. The first-order valence-electron chi connectivity index (χ1n) is 10.8. The summed E-state index contributed by atoms with van der Waals surface area (Å²) in [6.07, 6.45) is 0.447. The van der Waals surface area contributed by atoms with Gasteiger partial charge in [-0.25, -0.2) is 4.68 Å². The van der Waals surface area contributed by atoms with E-state index in [1.165, 1.54) is 5.56 Å². The van der Waals surface area contributed by atoms with E-state index in [4.69, 9.17) is 4.74 Å². The molecule has 168 valence electrons. The summed E-state index contributed by atoms with van der Waals surface area (Å²) in [4.78, 5) is 15.3. The summed E-state index contributed by atoms with van der Waals surface area (Å²) in [6, 6.07) is 16.0. The zero-order valence-corrected chi connectivity index (χ0v) is 20.2. The van der Waals surface area contributed by atoms with Gasteiger partial charge in [0.15, 0.2) is 5.69 Å². The zero-order valence-electron chi connectivity index (χ0n) is 18.6. The molecule has 0 bridgehead atoms. The molecular formula is C24H28BrN5O2. The van der Waals surface area contributed by atoms with Crippen molar-refractivity contribution in [1.29, 1.82) is 0 Å². The summed E-state index contributed by atoms with van der Waals surface area (Å²) in [5.41, 5.74) is 4.19. The highest BCUT2D eigenvalue weighted by atomic mass is 79.9. The van der Waals surface area contributed by atoms with Gasteiger partial charge in [-0.3, -0.25) is 9.69 Å². The molecule has 3 aromatic rings. The van der Waals surface area contributed by atoms with Gasteiger partial charge in [-0.05, 0) is 50.1 Å². The van der Waals surface area contributed by atoms with Gasteiger partial charge in [0, 0.05) is 30.7 Å². The molecule has 1 aliphatic rings. The molecule has 1 amide bonds. The number of benzene rings is 2. The van der Waals surface area contributed by atoms with Crippen molar-refractivity contribution in [1.82, 2.24) is 25.2 Å². The summed E-state index contributed by atoms with van der Waals surface area (Å²) >= 11 is 3.47. The maximum absolute atomic E-state index is 12.9. The van der Waals surface area contributed by atoms with Crippen molar-refractivity contribution in [2.24, 2.45) is 0 Å². The number of carbonyl (C=O) groups is 1. The molecule has 7 nitrogen and oxygen atoms in total. The molecule has 0 radical (unpaired) electrons. The van der Waals surface area contributed by atoms with Gasteiger partial charge in [-0.15, -0.1) is 5.10 Å². The third kappa shape index (κ3) is 5.26. The van der Waals surface area contributed by atoms with Gasteiger partial charge in [0.25, 0.3) is 5.91 Å². The fraction of sp³-hybridized carbons (Fsp3) is 0.375. The Labute approximate surface area is 196 Å². The van der Waals surface area contributed by atoms with Gasteiger partial charge in [-0.2, -0.15) is 0 Å². The highest BCUT2D eigenvalue weighted by Gasteiger charge is 2.23. The topological polar surface area (TPSA) is 72.3 Å². The second-order valence-corrected chi connectivity index (χ2v) is 9.23. The number of hydrogen-bond donors (Lipinski definition) is 1. The van der Waals surface area contributed by atoms with Crippen LogP contribution in [-0.4, -0.2) is 51.1 Å². The lowest BCUT2D eigenvalue weighted by molar-refractivity contribution is -0.0705. The Kier molecular flexibility index (Phi) is 7.03. The number of hydrogen-bond acceptors (Lipinski definition) is 5. The summed E-state index contributed by atoms with van der Waals surface area (Å²) in [5, 5.41) is 11.3. The summed E-state index contributed by atoms with van der Waals surface area (Å²) in [5.74, 6) is -0.229. The molecule has 0 aliphatic carbocycles. The van der Waals surface area contributed by atoms with Crippen molar-refractivity contribution >= 4 is 21.8 Å². The lowest BCUT2D eigenvalue weighted by atomic mass is 10.1. The molecule has 1 aliphatic heterocycles. The molecule has 0 spiro atoms. The predicted octanol–water partition coefficient (Wildman–Crippen LogP) is 3.88. The van der Waals surface area contributed by atoms with Crippen molar-refractivity contribution in [3.8, 4) is 5.69 Å². The minimum atomic E-state index is -0.229. The average molecular weight is 498 g/mol. The third-order valence-corrected chi connectivity index (χ3v) is 6.10. The quantitative estimate of drug-likeness (QED) is 0.559. The number of halogens is 1. The molecule has 2 atom stereocenters. The first-order chi connectivity index (χ1) is 15.4. The predicted molar refractivity (Wildman–Crippen MR) is 127 cm³/mol. The van der Waals surface area contributed by atoms with Crippen LogP contribution in [0.15, 0.2) is 53.0 Å². The molecule has 1 saturated heterocycles. The number of carbonyl (C=O) groups excluding carboxylic acids is 1. The first-order valence-corrected chi connectivity index (χ1v) is 11.6. The van der Waals surface area contributed by atoms with E-state index in [2.05, 4.69) is 62.4 Å². The van der Waals surface area contributed by atoms with Crippen molar-refractivity contribution in [2.45, 2.75) is 46.1 Å². The number of nitrogens with one attached hydrogen (secondary N) is 1. The van der Waals surface area contributed by atoms with Crippen LogP contribution in [0.1, 0.15) is 41.2 Å². The van der Waals surface area contributed by atoms with Gasteiger partial charge in [0.05, 0.1) is 23.6 Å². The second-order valence-electron chi connectivity index (χ2n) is 8.32. The SMILES string of the molecule is Cc1c(C(=O)NCc2ccccc2CN2CC(C)OC(C)C2)nnn1-c1cccc(Br)c1. The summed E-state index contributed by atoms with van der Waals surface area (Å²) in [7, 11) is 0. The van der Waals surface area contributed by atoms with Gasteiger partial charge < -0.3 is 10.1 Å². The number of rotatable bonds is 6. The van der Waals surface area contributed by atoms with Crippen LogP contribution in [-0.2, 0) is 17.8 Å². The number of ether oxygens (including phenoxy) is 1. The van der Waals surface area contributed by atoms with Crippen molar-refractivity contribution in [3.63, 3.8) is 0 Å². The van der Waals surface area contributed by atoms with Crippen LogP contribution < -0.4 is 5.32 Å². The molecule has 0 saturated carbocycles. The average Bonchev–Trinajstić information content (AvgIpc) is 3.13. The molecule has 4 rings (SSSR count). The molecule has 1 N–H and O–H groups in total. The molecule has 8 heteroatoms. The van der Waals surface area contributed by atoms with Crippen molar-refractivity contribution < 1.29 is 9.53 Å². The van der Waals surface area contributed by atoms with Crippen molar-refractivity contribution in [2.75, 3.05) is 13.1 Å². The lowest BCUT2D eigenvalue weighted by Crippen LogP contribution is -2.45. The van der Waals surface area contributed by atoms with Gasteiger partial charge >= 0.3 is 0 Å². The molecule has 32 heavy (non-hydrogen) atoms. The molecule has 1 aromatic heterocycles. The van der Waals surface area contributed by atoms with Crippen LogP contribution in [0.25, 0.3) is 5.69 Å². The minimum Gasteiger partial charge on any atom is -0.373 e. The fourth-order valence-corrected chi connectivity index (χ4v) is 4.58. The molecule has 2 unspecified atom stereocenters. The number of amides is 1. The number of aromatic nitrogens is 3. The molecule has 2 heterocycles. The normalized spacial score (nSPS) is 19.1. The van der Waals surface area contributed by atoms with Crippen LogP contribution in [0.2, 0.25) is 0 Å². The van der Waals surface area contributed by atoms with Crippen LogP contribution in [0, 0.1) is 6.92 Å². The van der Waals surface area contributed by atoms with E-state index in [9.17, 15) is 4.79 Å². The van der Waals surface area contributed by atoms with Crippen LogP contribution in [0.3, 0.4) is 0 Å². The molecular weight excluding hydrogens is 470 g/mol. The first kappa shape index (κ1) is 22.6. The maximum Gasteiger partial charge on any atom is 0.274 e. The Hall–Kier alpha value is -2.55. The smallest absolute Gasteiger partial charge is 0.274 e. The van der Waals surface area contributed by atoms with E-state index in [1.807, 2.05) is 43.3 Å². The van der Waals surface area contributed by atoms with Gasteiger partial charge in [-0.1, -0.05) is 51.5 Å². The highest BCUT2D eigenvalue weighted by Crippen LogP contribution is 2.19. The van der Waals surface area contributed by atoms with Crippen LogP contribution >= 0.6 is 15.9 Å². The summed E-state index contributed by atoms with van der Waals surface area (Å²) < 4.78 is 8.46. The summed E-state index contributed by atoms with van der Waals surface area (Å²) in [6.45, 7) is 9.16. The highest BCUT2D eigenvalue weighted by molar-refractivity contribution is 9.10. The monoisotopic (exact) mass is 497 g/mol. The third-order valence-electron chi connectivity index (χ3n) is 5.61.